The number of likely N-dealkylation sites (tertiary alicyclic amines) is 1. The molecule has 4 nitrogen and oxygen atoms in total. The molecule has 1 fully saturated rings. The average molecular weight is 341 g/mol. The lowest BCUT2D eigenvalue weighted by Gasteiger charge is -2.23. The van der Waals surface area contributed by atoms with Crippen molar-refractivity contribution in [2.45, 2.75) is 25.3 Å². The Morgan fingerprint density at radius 2 is 1.92 bits per heavy atom. The number of amides is 1. The number of carbonyl (C=O) groups is 1. The molecule has 3 aromatic rings. The molecule has 1 unspecified atom stereocenters. The third-order valence-corrected chi connectivity index (χ3v) is 4.62. The maximum absolute atomic E-state index is 13.4. The maximum Gasteiger partial charge on any atom is 0.227 e. The first kappa shape index (κ1) is 15.7. The summed E-state index contributed by atoms with van der Waals surface area (Å²) in [5.74, 6) is 0.0365. The molecule has 1 amide bonds. The summed E-state index contributed by atoms with van der Waals surface area (Å²) in [5, 5.41) is 0. The molecule has 2 heterocycles. The molecule has 0 aliphatic carbocycles. The molecule has 0 spiro atoms. The predicted octanol–water partition coefficient (Wildman–Crippen LogP) is 3.75. The quantitative estimate of drug-likeness (QED) is 0.789. The SMILES string of the molecule is O=C(Cc1ccc(F)cc1)N1CCCC1c1nc2ccc(F)cc2[nH]1. The van der Waals surface area contributed by atoms with Crippen LogP contribution >= 0.6 is 0 Å². The summed E-state index contributed by atoms with van der Waals surface area (Å²) in [7, 11) is 0. The summed E-state index contributed by atoms with van der Waals surface area (Å²) in [6, 6.07) is 10.2. The van der Waals surface area contributed by atoms with E-state index >= 15 is 0 Å². The molecule has 128 valence electrons. The van der Waals surface area contributed by atoms with Crippen LogP contribution in [0.2, 0.25) is 0 Å². The van der Waals surface area contributed by atoms with Gasteiger partial charge in [-0.15, -0.1) is 0 Å². The van der Waals surface area contributed by atoms with Gasteiger partial charge in [-0.2, -0.15) is 0 Å². The number of carbonyl (C=O) groups excluding carboxylic acids is 1. The van der Waals surface area contributed by atoms with Gasteiger partial charge in [0.05, 0.1) is 23.5 Å². The molecule has 0 bridgehead atoms. The highest BCUT2D eigenvalue weighted by molar-refractivity contribution is 5.80. The minimum atomic E-state index is -0.321. The first-order valence-corrected chi connectivity index (χ1v) is 8.29. The smallest absolute Gasteiger partial charge is 0.227 e. The number of hydrogen-bond donors (Lipinski definition) is 1. The summed E-state index contributed by atoms with van der Waals surface area (Å²) >= 11 is 0. The molecule has 1 atom stereocenters. The van der Waals surface area contributed by atoms with E-state index in [2.05, 4.69) is 9.97 Å². The van der Waals surface area contributed by atoms with E-state index in [0.717, 1.165) is 18.4 Å². The van der Waals surface area contributed by atoms with Gasteiger partial charge in [-0.1, -0.05) is 12.1 Å². The topological polar surface area (TPSA) is 49.0 Å². The number of rotatable bonds is 3. The maximum atomic E-state index is 13.4. The number of imidazole rings is 1. The van der Waals surface area contributed by atoms with Crippen LogP contribution in [0.5, 0.6) is 0 Å². The summed E-state index contributed by atoms with van der Waals surface area (Å²) in [6.45, 7) is 0.663. The van der Waals surface area contributed by atoms with E-state index in [-0.39, 0.29) is 30.0 Å². The van der Waals surface area contributed by atoms with Crippen LogP contribution in [0.15, 0.2) is 42.5 Å². The highest BCUT2D eigenvalue weighted by Gasteiger charge is 2.32. The van der Waals surface area contributed by atoms with Gasteiger partial charge in [0, 0.05) is 6.54 Å². The highest BCUT2D eigenvalue weighted by Crippen LogP contribution is 2.32. The lowest BCUT2D eigenvalue weighted by atomic mass is 10.1. The van der Waals surface area contributed by atoms with Crippen molar-refractivity contribution in [1.82, 2.24) is 14.9 Å². The molecular weight excluding hydrogens is 324 g/mol. The van der Waals surface area contributed by atoms with Crippen molar-refractivity contribution < 1.29 is 13.6 Å². The van der Waals surface area contributed by atoms with E-state index in [0.29, 0.717) is 23.4 Å². The Morgan fingerprint density at radius 3 is 2.72 bits per heavy atom. The molecule has 1 aliphatic rings. The van der Waals surface area contributed by atoms with Crippen LogP contribution in [0.3, 0.4) is 0 Å². The number of hydrogen-bond acceptors (Lipinski definition) is 2. The number of halogens is 2. The van der Waals surface area contributed by atoms with E-state index in [9.17, 15) is 13.6 Å². The number of H-pyrrole nitrogens is 1. The van der Waals surface area contributed by atoms with E-state index < -0.39 is 0 Å². The lowest BCUT2D eigenvalue weighted by Crippen LogP contribution is -2.32. The van der Waals surface area contributed by atoms with Crippen molar-refractivity contribution in [2.24, 2.45) is 0 Å². The van der Waals surface area contributed by atoms with Crippen molar-refractivity contribution >= 4 is 16.9 Å². The van der Waals surface area contributed by atoms with Crippen LogP contribution in [-0.2, 0) is 11.2 Å². The summed E-state index contributed by atoms with van der Waals surface area (Å²) in [4.78, 5) is 22.1. The minimum absolute atomic E-state index is 0.0132. The van der Waals surface area contributed by atoms with Gasteiger partial charge in [0.1, 0.15) is 17.5 Å². The van der Waals surface area contributed by atoms with Gasteiger partial charge in [0.15, 0.2) is 0 Å². The molecular formula is C19H17F2N3O. The van der Waals surface area contributed by atoms with Crippen LogP contribution in [0, 0.1) is 11.6 Å². The zero-order chi connectivity index (χ0) is 17.4. The molecule has 6 heteroatoms. The van der Waals surface area contributed by atoms with E-state index in [1.165, 1.54) is 24.3 Å². The molecule has 25 heavy (non-hydrogen) atoms. The number of aromatic nitrogens is 2. The third kappa shape index (κ3) is 3.12. The number of fused-ring (bicyclic) bond motifs is 1. The van der Waals surface area contributed by atoms with Gasteiger partial charge in [-0.25, -0.2) is 13.8 Å². The van der Waals surface area contributed by atoms with Gasteiger partial charge >= 0.3 is 0 Å². The van der Waals surface area contributed by atoms with Crippen LogP contribution in [-0.4, -0.2) is 27.3 Å². The Balaban J connectivity index is 1.56. The molecule has 0 radical (unpaired) electrons. The molecule has 1 aromatic heterocycles. The first-order valence-electron chi connectivity index (χ1n) is 8.29. The van der Waals surface area contributed by atoms with Gasteiger partial charge in [-0.05, 0) is 48.7 Å². The molecule has 0 saturated carbocycles. The largest absolute Gasteiger partial charge is 0.340 e. The molecule has 1 saturated heterocycles. The Morgan fingerprint density at radius 1 is 1.16 bits per heavy atom. The Kier molecular flexibility index (Phi) is 3.95. The minimum Gasteiger partial charge on any atom is -0.340 e. The monoisotopic (exact) mass is 341 g/mol. The fraction of sp³-hybridized carbons (Fsp3) is 0.263. The number of benzene rings is 2. The normalized spacial score (nSPS) is 17.4. The summed E-state index contributed by atoms with van der Waals surface area (Å²) < 4.78 is 26.4. The van der Waals surface area contributed by atoms with Crippen LogP contribution in [0.4, 0.5) is 8.78 Å². The van der Waals surface area contributed by atoms with Crippen LogP contribution < -0.4 is 0 Å². The van der Waals surface area contributed by atoms with Crippen LogP contribution in [0.25, 0.3) is 11.0 Å². The Labute approximate surface area is 143 Å². The second-order valence-electron chi connectivity index (χ2n) is 6.33. The number of nitrogens with zero attached hydrogens (tertiary/aromatic N) is 2. The molecule has 1 N–H and O–H groups in total. The van der Waals surface area contributed by atoms with Gasteiger partial charge in [0.2, 0.25) is 5.91 Å². The van der Waals surface area contributed by atoms with E-state index in [4.69, 9.17) is 0 Å². The number of aromatic amines is 1. The Bertz CT molecular complexity index is 920. The molecule has 4 rings (SSSR count). The van der Waals surface area contributed by atoms with Crippen molar-refractivity contribution in [3.63, 3.8) is 0 Å². The van der Waals surface area contributed by atoms with Crippen molar-refractivity contribution in [2.75, 3.05) is 6.54 Å². The fourth-order valence-electron chi connectivity index (χ4n) is 3.39. The Hall–Kier alpha value is -2.76. The number of nitrogens with one attached hydrogen (secondary N) is 1. The second kappa shape index (κ2) is 6.27. The second-order valence-corrected chi connectivity index (χ2v) is 6.33. The third-order valence-electron chi connectivity index (χ3n) is 4.62. The highest BCUT2D eigenvalue weighted by atomic mass is 19.1. The van der Waals surface area contributed by atoms with Crippen molar-refractivity contribution in [3.8, 4) is 0 Å². The summed E-state index contributed by atoms with van der Waals surface area (Å²) in [6.07, 6.45) is 1.94. The lowest BCUT2D eigenvalue weighted by molar-refractivity contribution is -0.131. The van der Waals surface area contributed by atoms with Crippen molar-refractivity contribution in [3.05, 3.63) is 65.5 Å². The predicted molar refractivity (Wildman–Crippen MR) is 89.8 cm³/mol. The average Bonchev–Trinajstić information content (AvgIpc) is 3.22. The summed E-state index contributed by atoms with van der Waals surface area (Å²) in [5.41, 5.74) is 2.10. The zero-order valence-corrected chi connectivity index (χ0v) is 13.5. The van der Waals surface area contributed by atoms with E-state index in [1.54, 1.807) is 23.1 Å². The van der Waals surface area contributed by atoms with Gasteiger partial charge in [0.25, 0.3) is 0 Å². The van der Waals surface area contributed by atoms with E-state index in [1.807, 2.05) is 0 Å². The van der Waals surface area contributed by atoms with Gasteiger partial charge in [-0.3, -0.25) is 4.79 Å². The first-order chi connectivity index (χ1) is 12.1. The zero-order valence-electron chi connectivity index (χ0n) is 13.5. The molecule has 2 aromatic carbocycles. The standard InChI is InChI=1S/C19H17F2N3O/c20-13-5-3-12(4-6-13)10-18(25)24-9-1-2-17(24)19-22-15-8-7-14(21)11-16(15)23-19/h3-8,11,17H,1-2,9-10H2,(H,22,23). The van der Waals surface area contributed by atoms with Gasteiger partial charge < -0.3 is 9.88 Å². The fourth-order valence-corrected chi connectivity index (χ4v) is 3.39. The molecule has 1 aliphatic heterocycles. The van der Waals surface area contributed by atoms with Crippen molar-refractivity contribution in [1.29, 1.82) is 0 Å². The van der Waals surface area contributed by atoms with Crippen LogP contribution in [0.1, 0.15) is 30.3 Å².